The van der Waals surface area contributed by atoms with Gasteiger partial charge in [0.15, 0.2) is 0 Å². The van der Waals surface area contributed by atoms with Crippen LogP contribution in [0.3, 0.4) is 0 Å². The molecule has 34 heavy (non-hydrogen) atoms. The molecule has 0 spiro atoms. The van der Waals surface area contributed by atoms with Crippen molar-refractivity contribution in [3.05, 3.63) is 106 Å². The van der Waals surface area contributed by atoms with Gasteiger partial charge in [0.2, 0.25) is 5.82 Å². The maximum Gasteiger partial charge on any atom is 0.207 e. The molecular weight excluding hydrogens is 444 g/mol. The van der Waals surface area contributed by atoms with Crippen LogP contribution in [0.1, 0.15) is 28.2 Å². The summed E-state index contributed by atoms with van der Waals surface area (Å²) < 4.78 is 10.6. The molecule has 0 amide bonds. The molecule has 1 aromatic heterocycles. The number of hydrogen-bond donors (Lipinski definition) is 0. The average Bonchev–Trinajstić information content (AvgIpc) is 2.88. The van der Waals surface area contributed by atoms with Gasteiger partial charge in [-0.25, -0.2) is 9.97 Å². The molecule has 0 aliphatic heterocycles. The highest BCUT2D eigenvalue weighted by atomic mass is 35.5. The van der Waals surface area contributed by atoms with Gasteiger partial charge in [-0.2, -0.15) is 0 Å². The number of halogens is 1. The largest absolute Gasteiger partial charge is 0.497 e. The molecule has 0 aliphatic carbocycles. The third kappa shape index (κ3) is 5.56. The summed E-state index contributed by atoms with van der Waals surface area (Å²) in [5, 5.41) is 0.381. The Morgan fingerprint density at radius 2 is 1.29 bits per heavy atom. The molecule has 1 heterocycles. The fourth-order valence-corrected chi connectivity index (χ4v) is 3.39. The number of rotatable bonds is 3. The summed E-state index contributed by atoms with van der Waals surface area (Å²) in [6.07, 6.45) is 0. The Hall–Kier alpha value is -4.25. The zero-order valence-corrected chi connectivity index (χ0v) is 19.8. The Bertz CT molecular complexity index is 1460. The van der Waals surface area contributed by atoms with Gasteiger partial charge in [-0.05, 0) is 55.2 Å². The van der Waals surface area contributed by atoms with E-state index in [9.17, 15) is 0 Å². The van der Waals surface area contributed by atoms with E-state index in [0.717, 1.165) is 33.8 Å². The molecule has 0 saturated heterocycles. The first kappa shape index (κ1) is 22.9. The van der Waals surface area contributed by atoms with Gasteiger partial charge >= 0.3 is 0 Å². The summed E-state index contributed by atoms with van der Waals surface area (Å²) in [4.78, 5) is 9.18. The fraction of sp³-hybridized carbons (Fsp3) is 0.103. The monoisotopic (exact) mass is 464 g/mol. The SMILES string of the molecule is COc1cccc(C#Cc2nc(C#Cc3cccc(OC)c3)c(Cl)c(-c3ccc(C)cc3)n2)c1. The molecule has 166 valence electrons. The zero-order chi connectivity index (χ0) is 23.9. The molecule has 0 saturated carbocycles. The van der Waals surface area contributed by atoms with E-state index in [1.807, 2.05) is 79.7 Å². The van der Waals surface area contributed by atoms with Gasteiger partial charge in [0.05, 0.1) is 19.9 Å². The van der Waals surface area contributed by atoms with Gasteiger partial charge in [-0.15, -0.1) is 0 Å². The summed E-state index contributed by atoms with van der Waals surface area (Å²) in [5.74, 6) is 14.1. The second kappa shape index (κ2) is 10.6. The van der Waals surface area contributed by atoms with Crippen LogP contribution in [0.5, 0.6) is 11.5 Å². The molecule has 4 nitrogen and oxygen atoms in total. The molecule has 4 rings (SSSR count). The van der Waals surface area contributed by atoms with Crippen molar-refractivity contribution in [3.8, 4) is 46.4 Å². The van der Waals surface area contributed by atoms with Gasteiger partial charge in [0.1, 0.15) is 22.2 Å². The normalized spacial score (nSPS) is 9.88. The number of benzene rings is 3. The van der Waals surface area contributed by atoms with Crippen molar-refractivity contribution in [3.63, 3.8) is 0 Å². The van der Waals surface area contributed by atoms with Gasteiger partial charge < -0.3 is 9.47 Å². The predicted octanol–water partition coefficient (Wildman–Crippen LogP) is 5.92. The quantitative estimate of drug-likeness (QED) is 0.353. The standard InChI is InChI=1S/C29H21ClN2O2/c1-20-10-14-23(15-11-20)29-28(30)26(16-12-21-6-4-8-24(18-21)33-2)31-27(32-29)17-13-22-7-5-9-25(19-22)34-3/h4-11,14-15,18-19H,1-3H3. The maximum absolute atomic E-state index is 6.72. The van der Waals surface area contributed by atoms with Crippen molar-refractivity contribution in [2.24, 2.45) is 0 Å². The highest BCUT2D eigenvalue weighted by molar-refractivity contribution is 6.34. The summed E-state index contributed by atoms with van der Waals surface area (Å²) >= 11 is 6.72. The number of nitrogens with zero attached hydrogens (tertiary/aromatic N) is 2. The van der Waals surface area contributed by atoms with Crippen molar-refractivity contribution in [2.45, 2.75) is 6.92 Å². The van der Waals surface area contributed by atoms with E-state index in [-0.39, 0.29) is 0 Å². The number of hydrogen-bond acceptors (Lipinski definition) is 4. The molecule has 0 radical (unpaired) electrons. The van der Waals surface area contributed by atoms with Crippen LogP contribution in [0.15, 0.2) is 72.8 Å². The molecule has 0 aliphatic rings. The third-order valence-electron chi connectivity index (χ3n) is 4.96. The van der Waals surface area contributed by atoms with Crippen molar-refractivity contribution in [2.75, 3.05) is 14.2 Å². The van der Waals surface area contributed by atoms with Gasteiger partial charge in [0, 0.05) is 16.7 Å². The highest BCUT2D eigenvalue weighted by Gasteiger charge is 2.13. The van der Waals surface area contributed by atoms with E-state index >= 15 is 0 Å². The molecule has 0 N–H and O–H groups in total. The lowest BCUT2D eigenvalue weighted by atomic mass is 10.1. The van der Waals surface area contributed by atoms with Gasteiger partial charge in [-0.1, -0.05) is 65.4 Å². The van der Waals surface area contributed by atoms with Crippen LogP contribution in [0.25, 0.3) is 11.3 Å². The summed E-state index contributed by atoms with van der Waals surface area (Å²) in [5.41, 5.74) is 4.58. The van der Waals surface area contributed by atoms with E-state index in [0.29, 0.717) is 22.2 Å². The van der Waals surface area contributed by atoms with Gasteiger partial charge in [0.25, 0.3) is 0 Å². The highest BCUT2D eigenvalue weighted by Crippen LogP contribution is 2.28. The second-order valence-electron chi connectivity index (χ2n) is 7.39. The van der Waals surface area contributed by atoms with Crippen molar-refractivity contribution < 1.29 is 9.47 Å². The molecule has 0 atom stereocenters. The maximum atomic E-state index is 6.72. The lowest BCUT2D eigenvalue weighted by Gasteiger charge is -2.07. The molecule has 0 bridgehead atoms. The first-order chi connectivity index (χ1) is 16.6. The first-order valence-corrected chi connectivity index (χ1v) is 10.9. The number of ether oxygens (including phenoxy) is 2. The summed E-state index contributed by atoms with van der Waals surface area (Å²) in [6, 6.07) is 23.0. The number of aromatic nitrogens is 2. The van der Waals surface area contributed by atoms with Crippen LogP contribution in [0, 0.1) is 30.6 Å². The minimum absolute atomic E-state index is 0.331. The molecule has 0 unspecified atom stereocenters. The minimum atomic E-state index is 0.331. The minimum Gasteiger partial charge on any atom is -0.497 e. The van der Waals surface area contributed by atoms with E-state index in [2.05, 4.69) is 33.6 Å². The zero-order valence-electron chi connectivity index (χ0n) is 19.0. The molecule has 5 heteroatoms. The number of aryl methyl sites for hydroxylation is 1. The first-order valence-electron chi connectivity index (χ1n) is 10.5. The lowest BCUT2D eigenvalue weighted by Crippen LogP contribution is -1.99. The molecule has 3 aromatic carbocycles. The van der Waals surface area contributed by atoms with Crippen LogP contribution in [-0.4, -0.2) is 24.2 Å². The smallest absolute Gasteiger partial charge is 0.207 e. The average molecular weight is 465 g/mol. The van der Waals surface area contributed by atoms with Crippen LogP contribution in [-0.2, 0) is 0 Å². The van der Waals surface area contributed by atoms with Gasteiger partial charge in [-0.3, -0.25) is 0 Å². The Labute approximate surface area is 204 Å². The molecular formula is C29H21ClN2O2. The van der Waals surface area contributed by atoms with Crippen molar-refractivity contribution in [1.82, 2.24) is 9.97 Å². The predicted molar refractivity (Wildman–Crippen MR) is 135 cm³/mol. The van der Waals surface area contributed by atoms with E-state index in [1.54, 1.807) is 14.2 Å². The summed E-state index contributed by atoms with van der Waals surface area (Å²) in [7, 11) is 3.24. The number of methoxy groups -OCH3 is 2. The van der Waals surface area contributed by atoms with E-state index in [1.165, 1.54) is 0 Å². The molecule has 4 aromatic rings. The Morgan fingerprint density at radius 1 is 0.706 bits per heavy atom. The third-order valence-corrected chi connectivity index (χ3v) is 5.32. The van der Waals surface area contributed by atoms with Crippen LogP contribution >= 0.6 is 11.6 Å². The Morgan fingerprint density at radius 3 is 1.88 bits per heavy atom. The van der Waals surface area contributed by atoms with Crippen molar-refractivity contribution in [1.29, 1.82) is 0 Å². The Balaban J connectivity index is 1.81. The lowest BCUT2D eigenvalue weighted by molar-refractivity contribution is 0.414. The molecule has 0 fully saturated rings. The Kier molecular flexibility index (Phi) is 7.13. The van der Waals surface area contributed by atoms with Crippen molar-refractivity contribution >= 4 is 11.6 Å². The second-order valence-corrected chi connectivity index (χ2v) is 7.77. The summed E-state index contributed by atoms with van der Waals surface area (Å²) in [6.45, 7) is 2.03. The van der Waals surface area contributed by atoms with Crippen LogP contribution in [0.4, 0.5) is 0 Å². The van der Waals surface area contributed by atoms with E-state index in [4.69, 9.17) is 21.1 Å². The van der Waals surface area contributed by atoms with Crippen LogP contribution in [0.2, 0.25) is 5.02 Å². The topological polar surface area (TPSA) is 44.2 Å². The fourth-order valence-electron chi connectivity index (χ4n) is 3.15. The van der Waals surface area contributed by atoms with E-state index < -0.39 is 0 Å². The van der Waals surface area contributed by atoms with Crippen LogP contribution < -0.4 is 9.47 Å².